The third-order valence-corrected chi connectivity index (χ3v) is 2.63. The first-order valence-electron chi connectivity index (χ1n) is 5.38. The van der Waals surface area contributed by atoms with Crippen LogP contribution in [0.25, 0.3) is 0 Å². The zero-order valence-corrected chi connectivity index (χ0v) is 9.30. The van der Waals surface area contributed by atoms with Crippen molar-refractivity contribution >= 4 is 6.40 Å². The molecule has 2 rings (SSSR count). The first kappa shape index (κ1) is 12.9. The first-order valence-corrected chi connectivity index (χ1v) is 5.38. The third-order valence-electron chi connectivity index (χ3n) is 2.63. The Hall–Kier alpha value is -1.59. The van der Waals surface area contributed by atoms with Crippen molar-refractivity contribution in [2.75, 3.05) is 6.61 Å². The van der Waals surface area contributed by atoms with Crippen LogP contribution in [0.4, 0.5) is 17.6 Å². The van der Waals surface area contributed by atoms with Crippen molar-refractivity contribution in [2.45, 2.75) is 25.1 Å². The SMILES string of the molecule is Fc1cc(CCC2CO[C]=N2)cc(C(F)(F)F)c1. The fourth-order valence-electron chi connectivity index (χ4n) is 1.72. The molecule has 0 aromatic heterocycles. The van der Waals surface area contributed by atoms with Crippen molar-refractivity contribution in [3.05, 3.63) is 35.1 Å². The second kappa shape index (κ2) is 4.96. The summed E-state index contributed by atoms with van der Waals surface area (Å²) in [7, 11) is 0. The van der Waals surface area contributed by atoms with E-state index in [1.807, 2.05) is 0 Å². The largest absolute Gasteiger partial charge is 0.472 e. The molecule has 1 unspecified atom stereocenters. The van der Waals surface area contributed by atoms with Gasteiger partial charge in [0.15, 0.2) is 0 Å². The van der Waals surface area contributed by atoms with Gasteiger partial charge in [-0.3, -0.25) is 0 Å². The van der Waals surface area contributed by atoms with Crippen LogP contribution in [0.5, 0.6) is 0 Å². The summed E-state index contributed by atoms with van der Waals surface area (Å²) >= 11 is 0. The molecular formula is C12H10F4NO. The van der Waals surface area contributed by atoms with E-state index < -0.39 is 17.6 Å². The van der Waals surface area contributed by atoms with E-state index in [4.69, 9.17) is 4.74 Å². The van der Waals surface area contributed by atoms with Crippen LogP contribution in [-0.2, 0) is 17.3 Å². The molecular weight excluding hydrogens is 250 g/mol. The van der Waals surface area contributed by atoms with Crippen LogP contribution in [-0.4, -0.2) is 19.0 Å². The molecule has 18 heavy (non-hydrogen) atoms. The highest BCUT2D eigenvalue weighted by atomic mass is 19.4. The van der Waals surface area contributed by atoms with E-state index >= 15 is 0 Å². The van der Waals surface area contributed by atoms with E-state index in [9.17, 15) is 17.6 Å². The second-order valence-electron chi connectivity index (χ2n) is 4.07. The summed E-state index contributed by atoms with van der Waals surface area (Å²) in [5.41, 5.74) is -0.653. The Balaban J connectivity index is 2.08. The number of alkyl halides is 3. The topological polar surface area (TPSA) is 21.6 Å². The number of aryl methyl sites for hydroxylation is 1. The third kappa shape index (κ3) is 3.21. The van der Waals surface area contributed by atoms with Crippen molar-refractivity contribution in [1.29, 1.82) is 0 Å². The molecule has 1 aliphatic rings. The minimum absolute atomic E-state index is 0.109. The monoisotopic (exact) mass is 260 g/mol. The number of halogens is 4. The Bertz CT molecular complexity index is 456. The second-order valence-corrected chi connectivity index (χ2v) is 4.07. The van der Waals surface area contributed by atoms with Crippen molar-refractivity contribution in [2.24, 2.45) is 4.99 Å². The number of rotatable bonds is 3. The Morgan fingerprint density at radius 3 is 2.72 bits per heavy atom. The van der Waals surface area contributed by atoms with E-state index in [1.54, 1.807) is 0 Å². The van der Waals surface area contributed by atoms with Crippen molar-refractivity contribution in [3.63, 3.8) is 0 Å². The summed E-state index contributed by atoms with van der Waals surface area (Å²) in [5, 5.41) is 0. The molecule has 1 aromatic rings. The Morgan fingerprint density at radius 2 is 2.11 bits per heavy atom. The molecule has 0 bridgehead atoms. The fourth-order valence-corrected chi connectivity index (χ4v) is 1.72. The van der Waals surface area contributed by atoms with Gasteiger partial charge in [-0.2, -0.15) is 13.2 Å². The maximum Gasteiger partial charge on any atom is 0.416 e. The van der Waals surface area contributed by atoms with Gasteiger partial charge in [-0.05, 0) is 36.6 Å². The summed E-state index contributed by atoms with van der Waals surface area (Å²) in [6, 6.07) is 2.46. The summed E-state index contributed by atoms with van der Waals surface area (Å²) in [6.07, 6.45) is -1.37. The molecule has 1 aliphatic heterocycles. The first-order chi connectivity index (χ1) is 8.45. The molecule has 1 atom stereocenters. The molecule has 0 aliphatic carbocycles. The molecule has 0 saturated heterocycles. The maximum atomic E-state index is 13.1. The van der Waals surface area contributed by atoms with E-state index in [0.29, 0.717) is 31.1 Å². The number of benzene rings is 1. The van der Waals surface area contributed by atoms with Gasteiger partial charge in [-0.15, -0.1) is 0 Å². The lowest BCUT2D eigenvalue weighted by atomic mass is 10.0. The van der Waals surface area contributed by atoms with Gasteiger partial charge in [0.1, 0.15) is 12.4 Å². The van der Waals surface area contributed by atoms with Crippen LogP contribution < -0.4 is 0 Å². The summed E-state index contributed by atoms with van der Waals surface area (Å²) in [5.74, 6) is -0.877. The lowest BCUT2D eigenvalue weighted by Crippen LogP contribution is -2.09. The van der Waals surface area contributed by atoms with Gasteiger partial charge in [0.2, 0.25) is 0 Å². The minimum atomic E-state index is -4.53. The summed E-state index contributed by atoms with van der Waals surface area (Å²) < 4.78 is 55.3. The highest BCUT2D eigenvalue weighted by Gasteiger charge is 2.31. The van der Waals surface area contributed by atoms with Crippen LogP contribution in [0.15, 0.2) is 23.2 Å². The molecule has 1 radical (unpaired) electrons. The van der Waals surface area contributed by atoms with Gasteiger partial charge in [0, 0.05) is 0 Å². The summed E-state index contributed by atoms with van der Waals surface area (Å²) in [4.78, 5) is 3.86. The lowest BCUT2D eigenvalue weighted by molar-refractivity contribution is -0.137. The average Bonchev–Trinajstić information content (AvgIpc) is 2.77. The van der Waals surface area contributed by atoms with Crippen molar-refractivity contribution in [3.8, 4) is 0 Å². The Labute approximate surface area is 101 Å². The van der Waals surface area contributed by atoms with Crippen molar-refractivity contribution < 1.29 is 22.3 Å². The smallest absolute Gasteiger partial charge is 0.416 e. The zero-order chi connectivity index (χ0) is 13.2. The van der Waals surface area contributed by atoms with Gasteiger partial charge in [-0.1, -0.05) is 0 Å². The fraction of sp³-hybridized carbons (Fsp3) is 0.417. The highest BCUT2D eigenvalue weighted by Crippen LogP contribution is 2.30. The number of nitrogens with zero attached hydrogens (tertiary/aromatic N) is 1. The number of aliphatic imine (C=N–C) groups is 1. The zero-order valence-electron chi connectivity index (χ0n) is 9.30. The van der Waals surface area contributed by atoms with E-state index in [1.165, 1.54) is 0 Å². The number of ether oxygens (including phenoxy) is 1. The van der Waals surface area contributed by atoms with E-state index in [0.717, 1.165) is 12.1 Å². The van der Waals surface area contributed by atoms with Gasteiger partial charge in [-0.25, -0.2) is 9.38 Å². The van der Waals surface area contributed by atoms with E-state index in [-0.39, 0.29) is 6.04 Å². The molecule has 0 amide bonds. The van der Waals surface area contributed by atoms with Gasteiger partial charge >= 0.3 is 6.18 Å². The quantitative estimate of drug-likeness (QED) is 0.765. The predicted octanol–water partition coefficient (Wildman–Crippen LogP) is 3.08. The average molecular weight is 260 g/mol. The highest BCUT2D eigenvalue weighted by molar-refractivity contribution is 5.48. The molecule has 97 valence electrons. The minimum Gasteiger partial charge on any atom is -0.472 e. The molecule has 1 aromatic carbocycles. The Kier molecular flexibility index (Phi) is 3.54. The molecule has 0 fully saturated rings. The van der Waals surface area contributed by atoms with Crippen LogP contribution in [0.1, 0.15) is 17.5 Å². The van der Waals surface area contributed by atoms with Gasteiger partial charge < -0.3 is 4.74 Å². The molecule has 1 heterocycles. The number of hydrogen-bond acceptors (Lipinski definition) is 2. The molecule has 0 saturated carbocycles. The Morgan fingerprint density at radius 1 is 1.33 bits per heavy atom. The molecule has 0 N–H and O–H groups in total. The summed E-state index contributed by atoms with van der Waals surface area (Å²) in [6.45, 7) is 0.376. The molecule has 2 nitrogen and oxygen atoms in total. The normalized spacial score (nSPS) is 19.0. The van der Waals surface area contributed by atoms with Crippen LogP contribution in [0.2, 0.25) is 0 Å². The lowest BCUT2D eigenvalue weighted by Gasteiger charge is -2.10. The van der Waals surface area contributed by atoms with E-state index in [2.05, 4.69) is 11.4 Å². The van der Waals surface area contributed by atoms with Crippen LogP contribution in [0, 0.1) is 5.82 Å². The number of hydrogen-bond donors (Lipinski definition) is 0. The van der Waals surface area contributed by atoms with Crippen molar-refractivity contribution in [1.82, 2.24) is 0 Å². The molecule has 6 heteroatoms. The van der Waals surface area contributed by atoms with Gasteiger partial charge in [0.05, 0.1) is 11.6 Å². The standard InChI is InChI=1S/C12H10F4NO/c13-10-4-8(1-2-11-6-18-7-17-11)3-9(5-10)12(14,15)16/h3-5,11H,1-2,6H2. The molecule has 0 spiro atoms. The van der Waals surface area contributed by atoms with Crippen LogP contribution in [0.3, 0.4) is 0 Å². The van der Waals surface area contributed by atoms with Gasteiger partial charge in [0.25, 0.3) is 6.40 Å². The maximum absolute atomic E-state index is 13.1. The predicted molar refractivity (Wildman–Crippen MR) is 56.9 cm³/mol. The van der Waals surface area contributed by atoms with Crippen LogP contribution >= 0.6 is 0 Å².